The summed E-state index contributed by atoms with van der Waals surface area (Å²) < 4.78 is 13.0. The van der Waals surface area contributed by atoms with Gasteiger partial charge in [0.15, 0.2) is 0 Å². The molecular formula is C14H21FN2O. The fraction of sp³-hybridized carbons (Fsp3) is 0.500. The molecule has 1 aromatic rings. The van der Waals surface area contributed by atoms with Gasteiger partial charge >= 0.3 is 0 Å². The fourth-order valence-electron chi connectivity index (χ4n) is 1.75. The molecule has 0 radical (unpaired) electrons. The van der Waals surface area contributed by atoms with E-state index in [9.17, 15) is 9.18 Å². The second-order valence-electron chi connectivity index (χ2n) is 4.47. The lowest BCUT2D eigenvalue weighted by Crippen LogP contribution is -2.29. The summed E-state index contributed by atoms with van der Waals surface area (Å²) in [5, 5.41) is 0. The molecule has 0 aliphatic rings. The van der Waals surface area contributed by atoms with Crippen LogP contribution in [0.4, 0.5) is 4.39 Å². The highest BCUT2D eigenvalue weighted by Gasteiger charge is 2.09. The Bertz CT molecular complexity index is 382. The zero-order chi connectivity index (χ0) is 13.4. The summed E-state index contributed by atoms with van der Waals surface area (Å²) in [7, 11) is 1.78. The van der Waals surface area contributed by atoms with Crippen molar-refractivity contribution in [3.05, 3.63) is 35.6 Å². The number of rotatable bonds is 7. The number of amides is 1. The molecule has 3 nitrogen and oxygen atoms in total. The highest BCUT2D eigenvalue weighted by atomic mass is 19.1. The van der Waals surface area contributed by atoms with Crippen molar-refractivity contribution in [1.82, 2.24) is 4.90 Å². The number of hydrogen-bond donors (Lipinski definition) is 1. The first-order chi connectivity index (χ1) is 8.63. The molecule has 0 unspecified atom stereocenters. The molecule has 0 aliphatic carbocycles. The third-order valence-corrected chi connectivity index (χ3v) is 2.87. The molecule has 1 amide bonds. The molecule has 0 aromatic heterocycles. The van der Waals surface area contributed by atoms with E-state index in [1.54, 1.807) is 24.1 Å². The number of nitrogens with two attached hydrogens (primary N) is 1. The average Bonchev–Trinajstić information content (AvgIpc) is 2.34. The molecule has 4 heteroatoms. The Kier molecular flexibility index (Phi) is 6.36. The number of benzene rings is 1. The quantitative estimate of drug-likeness (QED) is 0.754. The van der Waals surface area contributed by atoms with Crippen molar-refractivity contribution < 1.29 is 9.18 Å². The van der Waals surface area contributed by atoms with Gasteiger partial charge in [0.2, 0.25) is 5.91 Å². The normalized spacial score (nSPS) is 10.4. The molecule has 0 heterocycles. The van der Waals surface area contributed by atoms with Crippen LogP contribution in [0.2, 0.25) is 0 Å². The number of unbranched alkanes of at least 4 members (excludes halogenated alkanes) is 2. The minimum atomic E-state index is -0.300. The predicted molar refractivity (Wildman–Crippen MR) is 70.6 cm³/mol. The Hall–Kier alpha value is -1.42. The maximum atomic E-state index is 13.0. The maximum Gasteiger partial charge on any atom is 0.226 e. The average molecular weight is 252 g/mol. The Morgan fingerprint density at radius 1 is 1.33 bits per heavy atom. The molecule has 1 rings (SSSR count). The van der Waals surface area contributed by atoms with Gasteiger partial charge in [-0.25, -0.2) is 4.39 Å². The summed E-state index contributed by atoms with van der Waals surface area (Å²) in [4.78, 5) is 13.6. The monoisotopic (exact) mass is 252 g/mol. The summed E-state index contributed by atoms with van der Waals surface area (Å²) >= 11 is 0. The van der Waals surface area contributed by atoms with Gasteiger partial charge in [0.05, 0.1) is 6.42 Å². The lowest BCUT2D eigenvalue weighted by atomic mass is 10.1. The van der Waals surface area contributed by atoms with Gasteiger partial charge < -0.3 is 10.6 Å². The zero-order valence-corrected chi connectivity index (χ0v) is 10.9. The number of nitrogens with zero attached hydrogens (tertiary/aromatic N) is 1. The summed E-state index contributed by atoms with van der Waals surface area (Å²) in [6.45, 7) is 1.43. The fourth-order valence-corrected chi connectivity index (χ4v) is 1.75. The van der Waals surface area contributed by atoms with E-state index in [-0.39, 0.29) is 18.1 Å². The van der Waals surface area contributed by atoms with Crippen molar-refractivity contribution in [2.75, 3.05) is 20.1 Å². The topological polar surface area (TPSA) is 46.3 Å². The van der Waals surface area contributed by atoms with E-state index in [0.29, 0.717) is 12.1 Å². The van der Waals surface area contributed by atoms with Gasteiger partial charge in [-0.15, -0.1) is 0 Å². The van der Waals surface area contributed by atoms with E-state index in [1.807, 2.05) is 0 Å². The minimum Gasteiger partial charge on any atom is -0.345 e. The lowest BCUT2D eigenvalue weighted by Gasteiger charge is -2.17. The highest BCUT2D eigenvalue weighted by Crippen LogP contribution is 2.06. The molecule has 0 saturated carbocycles. The number of halogens is 1. The number of likely N-dealkylation sites (N-methyl/N-ethyl adjacent to an activating group) is 1. The summed E-state index contributed by atoms with van der Waals surface area (Å²) in [5.41, 5.74) is 6.12. The molecule has 0 saturated heterocycles. The first-order valence-corrected chi connectivity index (χ1v) is 6.32. The van der Waals surface area contributed by atoms with Crippen LogP contribution in [0.25, 0.3) is 0 Å². The van der Waals surface area contributed by atoms with Crippen LogP contribution in [0.3, 0.4) is 0 Å². The Morgan fingerprint density at radius 2 is 2.11 bits per heavy atom. The minimum absolute atomic E-state index is 0.0216. The maximum absolute atomic E-state index is 13.0. The van der Waals surface area contributed by atoms with Gasteiger partial charge in [0, 0.05) is 13.6 Å². The van der Waals surface area contributed by atoms with Crippen LogP contribution in [0, 0.1) is 5.82 Å². The van der Waals surface area contributed by atoms with Gasteiger partial charge in [-0.2, -0.15) is 0 Å². The van der Waals surface area contributed by atoms with Crippen LogP contribution in [-0.2, 0) is 11.2 Å². The van der Waals surface area contributed by atoms with E-state index in [1.165, 1.54) is 12.1 Å². The van der Waals surface area contributed by atoms with Crippen LogP contribution < -0.4 is 5.73 Å². The van der Waals surface area contributed by atoms with E-state index < -0.39 is 0 Å². The SMILES string of the molecule is CN(CCCCCN)C(=O)Cc1cccc(F)c1. The van der Waals surface area contributed by atoms with Crippen LogP contribution in [0.15, 0.2) is 24.3 Å². The van der Waals surface area contributed by atoms with Crippen molar-refractivity contribution in [3.8, 4) is 0 Å². The van der Waals surface area contributed by atoms with E-state index >= 15 is 0 Å². The van der Waals surface area contributed by atoms with E-state index in [4.69, 9.17) is 5.73 Å². The number of carbonyl (C=O) groups excluding carboxylic acids is 1. The third-order valence-electron chi connectivity index (χ3n) is 2.87. The van der Waals surface area contributed by atoms with E-state index in [2.05, 4.69) is 0 Å². The molecule has 0 fully saturated rings. The largest absolute Gasteiger partial charge is 0.345 e. The smallest absolute Gasteiger partial charge is 0.226 e. The number of hydrogen-bond acceptors (Lipinski definition) is 2. The molecular weight excluding hydrogens is 231 g/mol. The predicted octanol–water partition coefficient (Wildman–Crippen LogP) is 1.96. The zero-order valence-electron chi connectivity index (χ0n) is 10.9. The third kappa shape index (κ3) is 5.27. The van der Waals surface area contributed by atoms with Crippen molar-refractivity contribution in [1.29, 1.82) is 0 Å². The first-order valence-electron chi connectivity index (χ1n) is 6.32. The Labute approximate surface area is 108 Å². The van der Waals surface area contributed by atoms with E-state index in [0.717, 1.165) is 25.8 Å². The van der Waals surface area contributed by atoms with Crippen molar-refractivity contribution in [2.45, 2.75) is 25.7 Å². The highest BCUT2D eigenvalue weighted by molar-refractivity contribution is 5.78. The molecule has 100 valence electrons. The second kappa shape index (κ2) is 7.82. The van der Waals surface area contributed by atoms with Gasteiger partial charge in [-0.05, 0) is 37.1 Å². The molecule has 0 atom stereocenters. The van der Waals surface area contributed by atoms with Crippen molar-refractivity contribution >= 4 is 5.91 Å². The summed E-state index contributed by atoms with van der Waals surface area (Å²) in [6.07, 6.45) is 3.24. The van der Waals surface area contributed by atoms with Crippen LogP contribution in [0.1, 0.15) is 24.8 Å². The molecule has 2 N–H and O–H groups in total. The van der Waals surface area contributed by atoms with Crippen LogP contribution in [0.5, 0.6) is 0 Å². The Balaban J connectivity index is 2.35. The standard InChI is InChI=1S/C14H21FN2O/c1-17(9-4-2-3-8-16)14(18)11-12-6-5-7-13(15)10-12/h5-7,10H,2-4,8-9,11,16H2,1H3. The molecule has 0 bridgehead atoms. The second-order valence-corrected chi connectivity index (χ2v) is 4.47. The summed E-state index contributed by atoms with van der Waals surface area (Å²) in [5.74, 6) is -0.278. The lowest BCUT2D eigenvalue weighted by molar-refractivity contribution is -0.129. The summed E-state index contributed by atoms with van der Waals surface area (Å²) in [6, 6.07) is 6.17. The molecule has 1 aromatic carbocycles. The van der Waals surface area contributed by atoms with Gasteiger partial charge in [-0.3, -0.25) is 4.79 Å². The molecule has 18 heavy (non-hydrogen) atoms. The van der Waals surface area contributed by atoms with Crippen molar-refractivity contribution in [3.63, 3.8) is 0 Å². The molecule has 0 aliphatic heterocycles. The van der Waals surface area contributed by atoms with Gasteiger partial charge in [0.1, 0.15) is 5.82 Å². The van der Waals surface area contributed by atoms with Gasteiger partial charge in [0.25, 0.3) is 0 Å². The first kappa shape index (κ1) is 14.6. The Morgan fingerprint density at radius 3 is 2.78 bits per heavy atom. The van der Waals surface area contributed by atoms with Crippen LogP contribution >= 0.6 is 0 Å². The number of carbonyl (C=O) groups is 1. The van der Waals surface area contributed by atoms with Crippen LogP contribution in [-0.4, -0.2) is 30.9 Å². The van der Waals surface area contributed by atoms with Crippen molar-refractivity contribution in [2.24, 2.45) is 5.73 Å². The molecule has 0 spiro atoms. The van der Waals surface area contributed by atoms with Gasteiger partial charge in [-0.1, -0.05) is 18.6 Å².